The van der Waals surface area contributed by atoms with Gasteiger partial charge in [0.25, 0.3) is 0 Å². The Kier molecular flexibility index (Phi) is 6.12. The van der Waals surface area contributed by atoms with Crippen LogP contribution in [0.5, 0.6) is 0 Å². The van der Waals surface area contributed by atoms with Crippen molar-refractivity contribution in [1.82, 2.24) is 10.2 Å². The summed E-state index contributed by atoms with van der Waals surface area (Å²) in [6.45, 7) is 1.10. The zero-order chi connectivity index (χ0) is 20.2. The number of hydrogen-bond donors (Lipinski definition) is 1. The lowest BCUT2D eigenvalue weighted by molar-refractivity contribution is -0.190. The van der Waals surface area contributed by atoms with E-state index in [0.29, 0.717) is 4.90 Å². The van der Waals surface area contributed by atoms with Crippen LogP contribution in [0, 0.1) is 0 Å². The smallest absolute Gasteiger partial charge is 0.467 e. The number of esters is 1. The topological polar surface area (TPSA) is 75.7 Å². The molecule has 1 fully saturated rings. The van der Waals surface area contributed by atoms with Crippen molar-refractivity contribution < 1.29 is 32.3 Å². The number of rotatable bonds is 5. The van der Waals surface area contributed by atoms with Gasteiger partial charge in [-0.15, -0.1) is 0 Å². The summed E-state index contributed by atoms with van der Waals surface area (Å²) in [6, 6.07) is 7.72. The molecule has 6 nitrogen and oxygen atoms in total. The van der Waals surface area contributed by atoms with Crippen molar-refractivity contribution in [2.24, 2.45) is 0 Å². The van der Waals surface area contributed by atoms with Gasteiger partial charge in [0.2, 0.25) is 5.91 Å². The molecule has 1 aliphatic heterocycles. The molecule has 2 atom stereocenters. The lowest BCUT2D eigenvalue weighted by Crippen LogP contribution is -2.60. The fourth-order valence-electron chi connectivity index (χ4n) is 3.18. The van der Waals surface area contributed by atoms with Crippen molar-refractivity contribution >= 4 is 17.8 Å². The van der Waals surface area contributed by atoms with E-state index in [2.05, 4.69) is 5.32 Å². The quantitative estimate of drug-likeness (QED) is 0.784. The van der Waals surface area contributed by atoms with Crippen molar-refractivity contribution in [3.63, 3.8) is 0 Å². The summed E-state index contributed by atoms with van der Waals surface area (Å²) in [5, 5.41) is 2.46. The molecule has 0 spiro atoms. The minimum Gasteiger partial charge on any atom is -0.467 e. The van der Waals surface area contributed by atoms with Crippen LogP contribution in [-0.4, -0.2) is 54.1 Å². The highest BCUT2D eigenvalue weighted by Crippen LogP contribution is 2.33. The molecular formula is C18H21F3N2O4. The van der Waals surface area contributed by atoms with E-state index in [1.54, 1.807) is 30.3 Å². The molecule has 0 aliphatic carbocycles. The van der Waals surface area contributed by atoms with Gasteiger partial charge in [-0.05, 0) is 25.3 Å². The van der Waals surface area contributed by atoms with Gasteiger partial charge in [-0.1, -0.05) is 30.3 Å². The van der Waals surface area contributed by atoms with Gasteiger partial charge < -0.3 is 15.0 Å². The Morgan fingerprint density at radius 3 is 2.44 bits per heavy atom. The molecule has 1 aromatic carbocycles. The van der Waals surface area contributed by atoms with Crippen molar-refractivity contribution in [2.45, 2.75) is 43.9 Å². The minimum absolute atomic E-state index is 0.0693. The number of alkyl halides is 3. The van der Waals surface area contributed by atoms with E-state index in [1.807, 2.05) is 0 Å². The number of nitrogens with zero attached hydrogens (tertiary/aromatic N) is 1. The van der Waals surface area contributed by atoms with Gasteiger partial charge in [0.1, 0.15) is 11.6 Å². The van der Waals surface area contributed by atoms with E-state index < -0.39 is 35.5 Å². The average Bonchev–Trinajstić information content (AvgIpc) is 3.02. The summed E-state index contributed by atoms with van der Waals surface area (Å²) in [5.41, 5.74) is -0.941. The van der Waals surface area contributed by atoms with Crippen LogP contribution >= 0.6 is 0 Å². The number of benzene rings is 1. The third kappa shape index (κ3) is 4.58. The summed E-state index contributed by atoms with van der Waals surface area (Å²) in [6.07, 6.45) is -4.63. The molecule has 2 amide bonds. The Morgan fingerprint density at radius 1 is 1.26 bits per heavy atom. The van der Waals surface area contributed by atoms with Crippen LogP contribution in [0.2, 0.25) is 0 Å². The van der Waals surface area contributed by atoms with Gasteiger partial charge in [0.05, 0.1) is 7.11 Å². The highest BCUT2D eigenvalue weighted by molar-refractivity contribution is 5.95. The second-order valence-electron chi connectivity index (χ2n) is 6.57. The highest BCUT2D eigenvalue weighted by Gasteiger charge is 2.53. The molecule has 27 heavy (non-hydrogen) atoms. The summed E-state index contributed by atoms with van der Waals surface area (Å²) in [7, 11) is 1.16. The Labute approximate surface area is 154 Å². The van der Waals surface area contributed by atoms with Crippen molar-refractivity contribution in [3.8, 4) is 0 Å². The molecular weight excluding hydrogens is 365 g/mol. The second kappa shape index (κ2) is 7.98. The summed E-state index contributed by atoms with van der Waals surface area (Å²) < 4.78 is 43.2. The molecule has 0 radical (unpaired) electrons. The Morgan fingerprint density at radius 2 is 1.89 bits per heavy atom. The minimum atomic E-state index is -5.07. The third-order valence-electron chi connectivity index (χ3n) is 4.69. The molecule has 148 valence electrons. The number of ether oxygens (including phenoxy) is 1. The standard InChI is InChI=1S/C18H21F3N2O4/c1-17(9-6-10-23(17)16(26)18(19,20)21)15(25)22-13(14(24)27-2)11-12-7-4-3-5-8-12/h3-5,7-8,13H,6,9-11H2,1-2H3,(H,22,25)/t13-,17+/m0/s1. The first-order valence-corrected chi connectivity index (χ1v) is 8.41. The molecule has 1 aliphatic rings. The van der Waals surface area contributed by atoms with Gasteiger partial charge in [-0.2, -0.15) is 13.2 Å². The molecule has 9 heteroatoms. The molecule has 1 N–H and O–H groups in total. The van der Waals surface area contributed by atoms with Crippen LogP contribution in [0.3, 0.4) is 0 Å². The average molecular weight is 386 g/mol. The van der Waals surface area contributed by atoms with Crippen LogP contribution in [0.4, 0.5) is 13.2 Å². The fourth-order valence-corrected chi connectivity index (χ4v) is 3.18. The maximum Gasteiger partial charge on any atom is 0.471 e. The predicted molar refractivity (Wildman–Crippen MR) is 89.5 cm³/mol. The monoisotopic (exact) mass is 386 g/mol. The molecule has 1 aromatic rings. The Bertz CT molecular complexity index is 708. The van der Waals surface area contributed by atoms with Gasteiger partial charge in [0.15, 0.2) is 0 Å². The van der Waals surface area contributed by atoms with Crippen LogP contribution in [0.25, 0.3) is 0 Å². The zero-order valence-electron chi connectivity index (χ0n) is 15.0. The van der Waals surface area contributed by atoms with Gasteiger partial charge in [-0.25, -0.2) is 4.79 Å². The SMILES string of the molecule is COC(=O)[C@H](Cc1ccccc1)NC(=O)[C@@]1(C)CCCN1C(=O)C(F)(F)F. The van der Waals surface area contributed by atoms with Crippen LogP contribution in [0.15, 0.2) is 30.3 Å². The molecule has 1 heterocycles. The van der Waals surface area contributed by atoms with E-state index >= 15 is 0 Å². The number of hydrogen-bond acceptors (Lipinski definition) is 4. The lowest BCUT2D eigenvalue weighted by atomic mass is 9.96. The molecule has 0 unspecified atom stereocenters. The van der Waals surface area contributed by atoms with Crippen LogP contribution in [-0.2, 0) is 25.5 Å². The van der Waals surface area contributed by atoms with Gasteiger partial charge >= 0.3 is 18.1 Å². The largest absolute Gasteiger partial charge is 0.471 e. The maximum absolute atomic E-state index is 12.8. The Balaban J connectivity index is 2.20. The molecule has 0 bridgehead atoms. The third-order valence-corrected chi connectivity index (χ3v) is 4.69. The van der Waals surface area contributed by atoms with E-state index in [-0.39, 0.29) is 25.8 Å². The number of methoxy groups -OCH3 is 1. The zero-order valence-corrected chi connectivity index (χ0v) is 15.0. The summed E-state index contributed by atoms with van der Waals surface area (Å²) in [5.74, 6) is -3.60. The first kappa shape index (κ1) is 20.7. The van der Waals surface area contributed by atoms with Gasteiger partial charge in [-0.3, -0.25) is 9.59 Å². The maximum atomic E-state index is 12.8. The number of nitrogens with one attached hydrogen (secondary N) is 1. The molecule has 0 saturated carbocycles. The molecule has 2 rings (SSSR count). The summed E-state index contributed by atoms with van der Waals surface area (Å²) >= 11 is 0. The van der Waals surface area contributed by atoms with Crippen molar-refractivity contribution in [3.05, 3.63) is 35.9 Å². The first-order valence-electron chi connectivity index (χ1n) is 8.41. The predicted octanol–water partition coefficient (Wildman–Crippen LogP) is 1.83. The van der Waals surface area contributed by atoms with Crippen molar-refractivity contribution in [1.29, 1.82) is 0 Å². The molecule has 1 saturated heterocycles. The number of amides is 2. The van der Waals surface area contributed by atoms with E-state index in [1.165, 1.54) is 6.92 Å². The van der Waals surface area contributed by atoms with E-state index in [9.17, 15) is 27.6 Å². The van der Waals surface area contributed by atoms with Crippen molar-refractivity contribution in [2.75, 3.05) is 13.7 Å². The normalized spacial score (nSPS) is 20.9. The second-order valence-corrected chi connectivity index (χ2v) is 6.57. The number of carbonyl (C=O) groups is 3. The van der Waals surface area contributed by atoms with E-state index in [0.717, 1.165) is 12.7 Å². The fraction of sp³-hybridized carbons (Fsp3) is 0.500. The summed E-state index contributed by atoms with van der Waals surface area (Å²) in [4.78, 5) is 37.0. The van der Waals surface area contributed by atoms with Gasteiger partial charge in [0, 0.05) is 13.0 Å². The number of halogens is 3. The van der Waals surface area contributed by atoms with Crippen LogP contribution in [0.1, 0.15) is 25.3 Å². The number of likely N-dealkylation sites (tertiary alicyclic amines) is 1. The highest BCUT2D eigenvalue weighted by atomic mass is 19.4. The van der Waals surface area contributed by atoms with Crippen LogP contribution < -0.4 is 5.32 Å². The first-order chi connectivity index (χ1) is 12.6. The number of carbonyl (C=O) groups excluding carboxylic acids is 3. The lowest BCUT2D eigenvalue weighted by Gasteiger charge is -2.35. The van der Waals surface area contributed by atoms with E-state index in [4.69, 9.17) is 4.74 Å². The Hall–Kier alpha value is -2.58. The molecule has 0 aromatic heterocycles.